The smallest absolute Gasteiger partial charge is 0.412 e. The fourth-order valence-corrected chi connectivity index (χ4v) is 2.56. The van der Waals surface area contributed by atoms with Crippen molar-refractivity contribution in [2.75, 3.05) is 26.4 Å². The number of ether oxygens (including phenoxy) is 6. The first-order valence-corrected chi connectivity index (χ1v) is 8.25. The molecule has 1 spiro atoms. The van der Waals surface area contributed by atoms with E-state index in [0.717, 1.165) is 6.42 Å². The van der Waals surface area contributed by atoms with Gasteiger partial charge in [0.15, 0.2) is 0 Å². The van der Waals surface area contributed by atoms with Crippen molar-refractivity contribution in [1.29, 1.82) is 0 Å². The van der Waals surface area contributed by atoms with Crippen molar-refractivity contribution >= 4 is 11.9 Å². The number of esters is 2. The van der Waals surface area contributed by atoms with E-state index in [9.17, 15) is 9.59 Å². The first-order valence-electron chi connectivity index (χ1n) is 8.25. The Bertz CT molecular complexity index is 429. The predicted molar refractivity (Wildman–Crippen MR) is 80.4 cm³/mol. The number of hydrogen-bond donors (Lipinski definition) is 0. The van der Waals surface area contributed by atoms with Crippen molar-refractivity contribution in [2.24, 2.45) is 11.3 Å². The Morgan fingerprint density at radius 1 is 1.00 bits per heavy atom. The average Bonchev–Trinajstić information content (AvgIpc) is 2.55. The summed E-state index contributed by atoms with van der Waals surface area (Å²) >= 11 is 0. The molecule has 2 fully saturated rings. The molecule has 2 saturated heterocycles. The van der Waals surface area contributed by atoms with Crippen LogP contribution in [-0.2, 0) is 38.0 Å². The Morgan fingerprint density at radius 2 is 1.50 bits per heavy atom. The molecule has 0 N–H and O–H groups in total. The third kappa shape index (κ3) is 4.24. The molecule has 2 aliphatic heterocycles. The summed E-state index contributed by atoms with van der Waals surface area (Å²) < 4.78 is 33.0. The third-order valence-electron chi connectivity index (χ3n) is 4.39. The summed E-state index contributed by atoms with van der Waals surface area (Å²) in [6, 6.07) is 0. The minimum Gasteiger partial charge on any atom is -0.425 e. The largest absolute Gasteiger partial charge is 0.425 e. The van der Waals surface area contributed by atoms with E-state index in [1.54, 1.807) is 0 Å². The van der Waals surface area contributed by atoms with E-state index in [0.29, 0.717) is 25.6 Å². The van der Waals surface area contributed by atoms with Crippen molar-refractivity contribution in [3.05, 3.63) is 0 Å². The van der Waals surface area contributed by atoms with Crippen LogP contribution in [0.25, 0.3) is 0 Å². The zero-order chi connectivity index (χ0) is 17.8. The summed E-state index contributed by atoms with van der Waals surface area (Å²) in [6.07, 6.45) is -1.18. The van der Waals surface area contributed by atoms with Crippen LogP contribution in [0, 0.1) is 11.3 Å². The van der Waals surface area contributed by atoms with Crippen molar-refractivity contribution in [2.45, 2.75) is 53.0 Å². The Kier molecular flexibility index (Phi) is 6.19. The van der Waals surface area contributed by atoms with Crippen LogP contribution in [-0.4, -0.2) is 50.8 Å². The van der Waals surface area contributed by atoms with E-state index < -0.39 is 29.8 Å². The van der Waals surface area contributed by atoms with Gasteiger partial charge in [0.1, 0.15) is 0 Å². The van der Waals surface area contributed by atoms with Gasteiger partial charge in [-0.25, -0.2) is 0 Å². The van der Waals surface area contributed by atoms with E-state index in [1.807, 2.05) is 6.92 Å². The van der Waals surface area contributed by atoms with Gasteiger partial charge in [-0.1, -0.05) is 13.8 Å². The molecule has 0 saturated carbocycles. The van der Waals surface area contributed by atoms with Crippen molar-refractivity contribution in [3.63, 3.8) is 0 Å². The van der Waals surface area contributed by atoms with E-state index >= 15 is 0 Å². The molecule has 0 unspecified atom stereocenters. The quantitative estimate of drug-likeness (QED) is 0.547. The van der Waals surface area contributed by atoms with E-state index in [1.165, 1.54) is 13.8 Å². The average molecular weight is 346 g/mol. The molecule has 8 heteroatoms. The molecule has 2 rings (SSSR count). The Balaban J connectivity index is 2.06. The van der Waals surface area contributed by atoms with Crippen molar-refractivity contribution in [1.82, 2.24) is 0 Å². The van der Waals surface area contributed by atoms with E-state index in [-0.39, 0.29) is 13.2 Å². The number of carbonyl (C=O) groups excluding carboxylic acids is 2. The number of carbonyl (C=O) groups is 2. The first kappa shape index (κ1) is 19.1. The lowest BCUT2D eigenvalue weighted by molar-refractivity contribution is -0.545. The van der Waals surface area contributed by atoms with Gasteiger partial charge in [0.25, 0.3) is 6.29 Å². The van der Waals surface area contributed by atoms with Gasteiger partial charge in [-0.05, 0) is 12.8 Å². The molecular weight excluding hydrogens is 320 g/mol. The summed E-state index contributed by atoms with van der Waals surface area (Å²) in [6.45, 7) is 7.61. The lowest BCUT2D eigenvalue weighted by atomic mass is 9.85. The van der Waals surface area contributed by atoms with Crippen LogP contribution in [0.2, 0.25) is 0 Å². The Labute approximate surface area is 141 Å². The zero-order valence-corrected chi connectivity index (χ0v) is 14.7. The molecule has 2 aliphatic rings. The molecule has 0 aliphatic carbocycles. The molecule has 0 bridgehead atoms. The maximum Gasteiger partial charge on any atom is 0.412 e. The Morgan fingerprint density at radius 3 is 1.88 bits per heavy atom. The molecule has 0 amide bonds. The highest BCUT2D eigenvalue weighted by molar-refractivity contribution is 5.68. The molecule has 0 atom stereocenters. The molecule has 8 nitrogen and oxygen atoms in total. The van der Waals surface area contributed by atoms with Crippen LogP contribution in [0.3, 0.4) is 0 Å². The highest BCUT2D eigenvalue weighted by Gasteiger charge is 2.54. The van der Waals surface area contributed by atoms with Crippen molar-refractivity contribution in [3.8, 4) is 0 Å². The topological polar surface area (TPSA) is 89.5 Å². The fourth-order valence-electron chi connectivity index (χ4n) is 2.56. The van der Waals surface area contributed by atoms with Gasteiger partial charge in [0.2, 0.25) is 0 Å². The summed E-state index contributed by atoms with van der Waals surface area (Å²) in [4.78, 5) is 22.7. The molecule has 138 valence electrons. The normalized spacial score (nSPS) is 33.5. The van der Waals surface area contributed by atoms with Crippen LogP contribution in [0.5, 0.6) is 0 Å². The maximum atomic E-state index is 11.4. The van der Waals surface area contributed by atoms with Gasteiger partial charge in [-0.3, -0.25) is 9.59 Å². The standard InChI is InChI=1S/C16H26O8/c1-5-13-7-19-16(20-8-13)21-9-15(6-2,10-22-16)14(23-11(3)17)24-12(4)18/h13-14H,5-10H2,1-4H3. The van der Waals surface area contributed by atoms with Gasteiger partial charge < -0.3 is 28.4 Å². The van der Waals surface area contributed by atoms with Gasteiger partial charge in [0, 0.05) is 19.8 Å². The minimum absolute atomic E-state index is 0.103. The van der Waals surface area contributed by atoms with Crippen LogP contribution < -0.4 is 0 Å². The minimum atomic E-state index is -1.53. The van der Waals surface area contributed by atoms with Crippen LogP contribution in [0.4, 0.5) is 0 Å². The van der Waals surface area contributed by atoms with Gasteiger partial charge in [-0.2, -0.15) is 0 Å². The molecule has 0 radical (unpaired) electrons. The number of hydrogen-bond acceptors (Lipinski definition) is 8. The second kappa shape index (κ2) is 7.77. The monoisotopic (exact) mass is 346 g/mol. The highest BCUT2D eigenvalue weighted by Crippen LogP contribution is 2.40. The lowest BCUT2D eigenvalue weighted by Gasteiger charge is -2.47. The van der Waals surface area contributed by atoms with E-state index in [2.05, 4.69) is 6.92 Å². The SMILES string of the molecule is CCC1COC2(OC1)OCC(CC)(C(OC(C)=O)OC(C)=O)CO2. The molecule has 2 heterocycles. The van der Waals surface area contributed by atoms with Crippen molar-refractivity contribution < 1.29 is 38.0 Å². The molecule has 0 aromatic heterocycles. The van der Waals surface area contributed by atoms with Crippen LogP contribution in [0.1, 0.15) is 40.5 Å². The molecular formula is C16H26O8. The van der Waals surface area contributed by atoms with Crippen LogP contribution in [0.15, 0.2) is 0 Å². The zero-order valence-electron chi connectivity index (χ0n) is 14.7. The van der Waals surface area contributed by atoms with Crippen LogP contribution >= 0.6 is 0 Å². The molecule has 24 heavy (non-hydrogen) atoms. The summed E-state index contributed by atoms with van der Waals surface area (Å²) in [5.41, 5.74) is -0.823. The fraction of sp³-hybridized carbons (Fsp3) is 0.875. The first-order chi connectivity index (χ1) is 11.3. The maximum absolute atomic E-state index is 11.4. The second-order valence-electron chi connectivity index (χ2n) is 6.24. The number of rotatable bonds is 5. The van der Waals surface area contributed by atoms with Gasteiger partial charge in [-0.15, -0.1) is 0 Å². The molecule has 0 aromatic rings. The van der Waals surface area contributed by atoms with E-state index in [4.69, 9.17) is 28.4 Å². The summed E-state index contributed by atoms with van der Waals surface area (Å²) in [5, 5.41) is 0. The summed E-state index contributed by atoms with van der Waals surface area (Å²) in [7, 11) is 0. The molecule has 0 aromatic carbocycles. The van der Waals surface area contributed by atoms with Gasteiger partial charge >= 0.3 is 18.1 Å². The highest BCUT2D eigenvalue weighted by atomic mass is 17.0. The second-order valence-corrected chi connectivity index (χ2v) is 6.24. The summed E-state index contributed by atoms with van der Waals surface area (Å²) in [5.74, 6) is -0.800. The third-order valence-corrected chi connectivity index (χ3v) is 4.39. The predicted octanol–water partition coefficient (Wildman–Crippen LogP) is 1.57. The lowest BCUT2D eigenvalue weighted by Crippen LogP contribution is -2.59. The Hall–Kier alpha value is -1.22. The van der Waals surface area contributed by atoms with Gasteiger partial charge in [0.05, 0.1) is 31.8 Å².